The van der Waals surface area contributed by atoms with Gasteiger partial charge in [-0.3, -0.25) is 0 Å². The Morgan fingerprint density at radius 3 is 2.57 bits per heavy atom. The number of methoxy groups -OCH3 is 1. The van der Waals surface area contributed by atoms with Crippen LogP contribution in [0.4, 0.5) is 10.1 Å². The highest BCUT2D eigenvalue weighted by Crippen LogP contribution is 2.34. The third kappa shape index (κ3) is 3.52. The maximum atomic E-state index is 13.3. The van der Waals surface area contributed by atoms with Crippen LogP contribution in [0.15, 0.2) is 42.5 Å². The first-order chi connectivity index (χ1) is 10.0. The molecule has 0 bridgehead atoms. The van der Waals surface area contributed by atoms with E-state index in [9.17, 15) is 9.50 Å². The van der Waals surface area contributed by atoms with E-state index in [2.05, 4.69) is 0 Å². The molecular weight excluding hydrogens is 269 g/mol. The van der Waals surface area contributed by atoms with Crippen molar-refractivity contribution in [1.29, 1.82) is 0 Å². The lowest BCUT2D eigenvalue weighted by molar-refractivity contribution is 0.194. The maximum absolute atomic E-state index is 13.3. The zero-order valence-electron chi connectivity index (χ0n) is 12.5. The number of hydrogen-bond acceptors (Lipinski definition) is 3. The van der Waals surface area contributed by atoms with E-state index < -0.39 is 6.10 Å². The average molecular weight is 289 g/mol. The summed E-state index contributed by atoms with van der Waals surface area (Å²) < 4.78 is 18.6. The minimum Gasteiger partial charge on any atom is -0.496 e. The summed E-state index contributed by atoms with van der Waals surface area (Å²) >= 11 is 0. The Morgan fingerprint density at radius 2 is 1.95 bits per heavy atom. The average Bonchev–Trinajstić information content (AvgIpc) is 2.46. The van der Waals surface area contributed by atoms with Crippen LogP contribution in [0.5, 0.6) is 5.75 Å². The molecule has 2 aromatic carbocycles. The fraction of sp³-hybridized carbons (Fsp3) is 0.294. The molecule has 0 fully saturated rings. The molecule has 0 saturated heterocycles. The Morgan fingerprint density at radius 1 is 1.24 bits per heavy atom. The minimum atomic E-state index is -0.647. The summed E-state index contributed by atoms with van der Waals surface area (Å²) in [6.07, 6.45) is -0.647. The van der Waals surface area contributed by atoms with E-state index in [0.717, 1.165) is 16.8 Å². The van der Waals surface area contributed by atoms with Gasteiger partial charge in [-0.15, -0.1) is 0 Å². The molecule has 3 nitrogen and oxygen atoms in total. The van der Waals surface area contributed by atoms with Gasteiger partial charge in [0.15, 0.2) is 0 Å². The van der Waals surface area contributed by atoms with E-state index in [1.807, 2.05) is 36.2 Å². The SMILES string of the molecule is COc1cccc(N(C)Cc2cccc(F)c2)c1[C@@H](C)O. The molecule has 1 N–H and O–H groups in total. The quantitative estimate of drug-likeness (QED) is 0.914. The van der Waals surface area contributed by atoms with Gasteiger partial charge in [-0.25, -0.2) is 4.39 Å². The van der Waals surface area contributed by atoms with Crippen molar-refractivity contribution in [2.75, 3.05) is 19.1 Å². The van der Waals surface area contributed by atoms with Crippen LogP contribution in [-0.2, 0) is 6.54 Å². The van der Waals surface area contributed by atoms with Crippen LogP contribution >= 0.6 is 0 Å². The van der Waals surface area contributed by atoms with Crippen molar-refractivity contribution in [2.24, 2.45) is 0 Å². The zero-order valence-corrected chi connectivity index (χ0v) is 12.5. The number of aliphatic hydroxyl groups excluding tert-OH is 1. The molecule has 1 atom stereocenters. The number of aliphatic hydroxyl groups is 1. The van der Waals surface area contributed by atoms with E-state index in [1.165, 1.54) is 12.1 Å². The largest absolute Gasteiger partial charge is 0.496 e. The number of nitrogens with zero attached hydrogens (tertiary/aromatic N) is 1. The lowest BCUT2D eigenvalue weighted by atomic mass is 10.1. The monoisotopic (exact) mass is 289 g/mol. The van der Waals surface area contributed by atoms with Gasteiger partial charge in [0, 0.05) is 24.8 Å². The lowest BCUT2D eigenvalue weighted by Crippen LogP contribution is -2.19. The van der Waals surface area contributed by atoms with Crippen molar-refractivity contribution in [3.05, 3.63) is 59.4 Å². The second-order valence-electron chi connectivity index (χ2n) is 5.06. The maximum Gasteiger partial charge on any atom is 0.126 e. The molecule has 0 heterocycles. The van der Waals surface area contributed by atoms with E-state index in [4.69, 9.17) is 4.74 Å². The van der Waals surface area contributed by atoms with Gasteiger partial charge in [0.2, 0.25) is 0 Å². The molecule has 2 rings (SSSR count). The summed E-state index contributed by atoms with van der Waals surface area (Å²) in [5.74, 6) is 0.399. The smallest absolute Gasteiger partial charge is 0.126 e. The molecule has 21 heavy (non-hydrogen) atoms. The number of rotatable bonds is 5. The molecule has 2 aromatic rings. The Kier molecular flexibility index (Phi) is 4.81. The van der Waals surface area contributed by atoms with Crippen LogP contribution in [0.25, 0.3) is 0 Å². The van der Waals surface area contributed by atoms with Crippen LogP contribution in [0.2, 0.25) is 0 Å². The summed E-state index contributed by atoms with van der Waals surface area (Å²) in [6.45, 7) is 2.25. The fourth-order valence-electron chi connectivity index (χ4n) is 2.46. The molecule has 112 valence electrons. The predicted octanol–water partition coefficient (Wildman–Crippen LogP) is 3.52. The molecule has 0 saturated carbocycles. The molecule has 0 radical (unpaired) electrons. The second-order valence-corrected chi connectivity index (χ2v) is 5.06. The molecule has 0 aromatic heterocycles. The molecule has 0 unspecified atom stereocenters. The Balaban J connectivity index is 2.32. The van der Waals surface area contributed by atoms with Crippen LogP contribution in [-0.4, -0.2) is 19.3 Å². The number of benzene rings is 2. The molecule has 0 amide bonds. The predicted molar refractivity (Wildman–Crippen MR) is 82.1 cm³/mol. The van der Waals surface area contributed by atoms with Crippen molar-refractivity contribution in [3.8, 4) is 5.75 Å². The topological polar surface area (TPSA) is 32.7 Å². The second kappa shape index (κ2) is 6.59. The fourth-order valence-corrected chi connectivity index (χ4v) is 2.46. The molecule has 0 spiro atoms. The normalized spacial score (nSPS) is 12.0. The molecule has 0 aliphatic heterocycles. The molecule has 4 heteroatoms. The van der Waals surface area contributed by atoms with Gasteiger partial charge in [0.25, 0.3) is 0 Å². The first-order valence-electron chi connectivity index (χ1n) is 6.83. The third-order valence-corrected chi connectivity index (χ3v) is 3.40. The minimum absolute atomic E-state index is 0.248. The van der Waals surface area contributed by atoms with Crippen molar-refractivity contribution in [3.63, 3.8) is 0 Å². The Labute approximate surface area is 124 Å². The number of halogens is 1. The Bertz CT molecular complexity index is 613. The first-order valence-corrected chi connectivity index (χ1v) is 6.83. The number of anilines is 1. The molecule has 0 aliphatic rings. The van der Waals surface area contributed by atoms with Crippen molar-refractivity contribution in [1.82, 2.24) is 0 Å². The van der Waals surface area contributed by atoms with Crippen molar-refractivity contribution in [2.45, 2.75) is 19.6 Å². The first kappa shape index (κ1) is 15.3. The van der Waals surface area contributed by atoms with Crippen LogP contribution in [0.3, 0.4) is 0 Å². The summed E-state index contributed by atoms with van der Waals surface area (Å²) in [5, 5.41) is 10.0. The number of hydrogen-bond donors (Lipinski definition) is 1. The Hall–Kier alpha value is -2.07. The van der Waals surface area contributed by atoms with Crippen molar-refractivity contribution >= 4 is 5.69 Å². The standard InChI is InChI=1S/C17H20FNO2/c1-12(20)17-15(8-5-9-16(17)21-3)19(2)11-13-6-4-7-14(18)10-13/h4-10,12,20H,11H2,1-3H3/t12-/m1/s1. The van der Waals surface area contributed by atoms with Gasteiger partial charge >= 0.3 is 0 Å². The summed E-state index contributed by atoms with van der Waals surface area (Å²) in [4.78, 5) is 1.97. The van der Waals surface area contributed by atoms with Crippen LogP contribution < -0.4 is 9.64 Å². The third-order valence-electron chi connectivity index (χ3n) is 3.40. The highest BCUT2D eigenvalue weighted by atomic mass is 19.1. The molecular formula is C17H20FNO2. The van der Waals surface area contributed by atoms with Crippen LogP contribution in [0, 0.1) is 5.82 Å². The van der Waals surface area contributed by atoms with E-state index in [-0.39, 0.29) is 5.82 Å². The zero-order chi connectivity index (χ0) is 15.4. The highest BCUT2D eigenvalue weighted by Gasteiger charge is 2.17. The summed E-state index contributed by atoms with van der Waals surface area (Å²) in [5.41, 5.74) is 2.48. The van der Waals surface area contributed by atoms with Gasteiger partial charge in [0.05, 0.1) is 13.2 Å². The number of ether oxygens (including phenoxy) is 1. The van der Waals surface area contributed by atoms with Gasteiger partial charge < -0.3 is 14.7 Å². The van der Waals surface area contributed by atoms with Crippen LogP contribution in [0.1, 0.15) is 24.2 Å². The van der Waals surface area contributed by atoms with E-state index in [1.54, 1.807) is 20.1 Å². The van der Waals surface area contributed by atoms with Gasteiger partial charge in [-0.2, -0.15) is 0 Å². The van der Waals surface area contributed by atoms with E-state index >= 15 is 0 Å². The van der Waals surface area contributed by atoms with Gasteiger partial charge in [-0.1, -0.05) is 18.2 Å². The van der Waals surface area contributed by atoms with Gasteiger partial charge in [0.1, 0.15) is 11.6 Å². The summed E-state index contributed by atoms with van der Waals surface area (Å²) in [7, 11) is 3.49. The lowest BCUT2D eigenvalue weighted by Gasteiger charge is -2.25. The van der Waals surface area contributed by atoms with Gasteiger partial charge in [-0.05, 0) is 36.8 Å². The highest BCUT2D eigenvalue weighted by molar-refractivity contribution is 5.60. The van der Waals surface area contributed by atoms with E-state index in [0.29, 0.717) is 12.3 Å². The van der Waals surface area contributed by atoms with Crippen molar-refractivity contribution < 1.29 is 14.2 Å². The summed E-state index contributed by atoms with van der Waals surface area (Å²) in [6, 6.07) is 12.1. The molecule has 0 aliphatic carbocycles.